The highest BCUT2D eigenvalue weighted by atomic mass is 19.1. The van der Waals surface area contributed by atoms with Crippen molar-refractivity contribution in [1.29, 1.82) is 0 Å². The van der Waals surface area contributed by atoms with E-state index < -0.39 is 11.7 Å². The quantitative estimate of drug-likeness (QED) is 0.345. The summed E-state index contributed by atoms with van der Waals surface area (Å²) in [5, 5.41) is 13.9. The van der Waals surface area contributed by atoms with Crippen molar-refractivity contribution in [2.24, 2.45) is 10.9 Å². The molecule has 1 aromatic carbocycles. The molecule has 2 aromatic rings. The number of hydrogen-bond donors (Lipinski definition) is 3. The van der Waals surface area contributed by atoms with E-state index in [9.17, 15) is 9.18 Å². The van der Waals surface area contributed by atoms with Gasteiger partial charge in [0.2, 0.25) is 0 Å². The third kappa shape index (κ3) is 3.75. The molecule has 2 rings (SSSR count). The molecule has 0 spiro atoms. The van der Waals surface area contributed by atoms with Gasteiger partial charge >= 0.3 is 0 Å². The number of carbonyl (C=O) groups excluding carboxylic acids is 1. The van der Waals surface area contributed by atoms with Crippen LogP contribution in [-0.2, 0) is 6.42 Å². The molecule has 0 aliphatic heterocycles. The number of amidine groups is 1. The van der Waals surface area contributed by atoms with E-state index in [1.54, 1.807) is 24.3 Å². The summed E-state index contributed by atoms with van der Waals surface area (Å²) in [6.07, 6.45) is 2.62. The molecule has 6 nitrogen and oxygen atoms in total. The number of nitrogens with two attached hydrogens (primary N) is 1. The van der Waals surface area contributed by atoms with Crippen molar-refractivity contribution in [3.05, 3.63) is 59.7 Å². The van der Waals surface area contributed by atoms with Crippen LogP contribution >= 0.6 is 0 Å². The van der Waals surface area contributed by atoms with Gasteiger partial charge in [0.05, 0.1) is 11.8 Å². The third-order valence-corrected chi connectivity index (χ3v) is 2.74. The smallest absolute Gasteiger partial charge is 0.258 e. The number of anilines is 1. The summed E-state index contributed by atoms with van der Waals surface area (Å²) in [6, 6.07) is 8.04. The molecule has 1 heterocycles. The molecule has 21 heavy (non-hydrogen) atoms. The third-order valence-electron chi connectivity index (χ3n) is 2.74. The van der Waals surface area contributed by atoms with Gasteiger partial charge in [-0.1, -0.05) is 17.3 Å². The van der Waals surface area contributed by atoms with E-state index in [4.69, 9.17) is 10.9 Å². The van der Waals surface area contributed by atoms with Crippen molar-refractivity contribution in [3.8, 4) is 0 Å². The minimum Gasteiger partial charge on any atom is -0.409 e. The Bertz CT molecular complexity index is 671. The molecule has 1 aromatic heterocycles. The second kappa shape index (κ2) is 6.47. The van der Waals surface area contributed by atoms with Gasteiger partial charge in [0, 0.05) is 18.3 Å². The van der Waals surface area contributed by atoms with Crippen LogP contribution in [-0.4, -0.2) is 21.9 Å². The molecule has 7 heteroatoms. The van der Waals surface area contributed by atoms with Gasteiger partial charge in [0.25, 0.3) is 5.91 Å². The van der Waals surface area contributed by atoms with Crippen molar-refractivity contribution < 1.29 is 14.4 Å². The van der Waals surface area contributed by atoms with Crippen LogP contribution in [0.15, 0.2) is 47.9 Å². The summed E-state index contributed by atoms with van der Waals surface area (Å²) in [6.45, 7) is 0. The fraction of sp³-hybridized carbons (Fsp3) is 0.0714. The van der Waals surface area contributed by atoms with Crippen LogP contribution < -0.4 is 11.1 Å². The predicted octanol–water partition coefficient (Wildman–Crippen LogP) is 1.76. The number of aromatic nitrogens is 1. The summed E-state index contributed by atoms with van der Waals surface area (Å²) < 4.78 is 13.4. The fourth-order valence-electron chi connectivity index (χ4n) is 1.71. The average Bonchev–Trinajstić information content (AvgIpc) is 2.49. The van der Waals surface area contributed by atoms with E-state index in [0.717, 1.165) is 11.8 Å². The predicted molar refractivity (Wildman–Crippen MR) is 75.7 cm³/mol. The highest BCUT2D eigenvalue weighted by Crippen LogP contribution is 2.13. The van der Waals surface area contributed by atoms with Gasteiger partial charge in [-0.25, -0.2) is 4.39 Å². The van der Waals surface area contributed by atoms with Gasteiger partial charge in [-0.2, -0.15) is 0 Å². The Balaban J connectivity index is 2.07. The molecule has 1 amide bonds. The molecular formula is C14H13FN4O2. The number of oxime groups is 1. The van der Waals surface area contributed by atoms with Crippen molar-refractivity contribution >= 4 is 17.4 Å². The summed E-state index contributed by atoms with van der Waals surface area (Å²) in [7, 11) is 0. The molecule has 4 N–H and O–H groups in total. The number of pyridine rings is 1. The van der Waals surface area contributed by atoms with Crippen LogP contribution in [0.25, 0.3) is 0 Å². The van der Waals surface area contributed by atoms with E-state index in [-0.39, 0.29) is 11.4 Å². The molecule has 0 radical (unpaired) electrons. The number of carbonyl (C=O) groups is 1. The normalized spacial score (nSPS) is 11.2. The van der Waals surface area contributed by atoms with Crippen LogP contribution in [0.3, 0.4) is 0 Å². The first kappa shape index (κ1) is 14.4. The van der Waals surface area contributed by atoms with E-state index in [0.29, 0.717) is 12.1 Å². The molecule has 0 atom stereocenters. The molecule has 0 saturated heterocycles. The molecule has 0 aliphatic carbocycles. The second-order valence-electron chi connectivity index (χ2n) is 4.27. The lowest BCUT2D eigenvalue weighted by Gasteiger charge is -2.07. The lowest BCUT2D eigenvalue weighted by molar-refractivity contribution is 0.102. The number of nitrogens with zero attached hydrogens (tertiary/aromatic N) is 2. The monoisotopic (exact) mass is 288 g/mol. The molecule has 0 fully saturated rings. The number of benzene rings is 1. The average molecular weight is 288 g/mol. The van der Waals surface area contributed by atoms with Gasteiger partial charge in [-0.05, 0) is 23.8 Å². The largest absolute Gasteiger partial charge is 0.409 e. The lowest BCUT2D eigenvalue weighted by Crippen LogP contribution is -2.15. The second-order valence-corrected chi connectivity index (χ2v) is 4.27. The number of hydrogen-bond acceptors (Lipinski definition) is 4. The highest BCUT2D eigenvalue weighted by Gasteiger charge is 2.11. The van der Waals surface area contributed by atoms with Gasteiger partial charge in [0.1, 0.15) is 5.84 Å². The van der Waals surface area contributed by atoms with Crippen molar-refractivity contribution in [2.75, 3.05) is 5.32 Å². The Kier molecular flexibility index (Phi) is 4.45. The maximum Gasteiger partial charge on any atom is 0.258 e. The summed E-state index contributed by atoms with van der Waals surface area (Å²) in [5.74, 6) is -1.15. The highest BCUT2D eigenvalue weighted by molar-refractivity contribution is 6.04. The van der Waals surface area contributed by atoms with Crippen LogP contribution in [0.5, 0.6) is 0 Å². The van der Waals surface area contributed by atoms with Crippen LogP contribution in [0.4, 0.5) is 10.1 Å². The Labute approximate surface area is 120 Å². The van der Waals surface area contributed by atoms with Gasteiger partial charge in [-0.15, -0.1) is 0 Å². The minimum absolute atomic E-state index is 0.0780. The number of amides is 1. The minimum atomic E-state index is -0.682. The van der Waals surface area contributed by atoms with Gasteiger partial charge in [0.15, 0.2) is 5.82 Å². The van der Waals surface area contributed by atoms with Crippen molar-refractivity contribution in [2.45, 2.75) is 6.42 Å². The molecule has 0 aliphatic rings. The van der Waals surface area contributed by atoms with E-state index >= 15 is 0 Å². The van der Waals surface area contributed by atoms with Crippen LogP contribution in [0, 0.1) is 5.82 Å². The molecule has 0 saturated carbocycles. The van der Waals surface area contributed by atoms with E-state index in [1.807, 2.05) is 0 Å². The fourth-order valence-corrected chi connectivity index (χ4v) is 1.71. The van der Waals surface area contributed by atoms with Crippen molar-refractivity contribution in [3.63, 3.8) is 0 Å². The zero-order valence-corrected chi connectivity index (χ0v) is 11.0. The van der Waals surface area contributed by atoms with Crippen LogP contribution in [0.1, 0.15) is 15.9 Å². The van der Waals surface area contributed by atoms with Gasteiger partial charge in [-0.3, -0.25) is 9.78 Å². The summed E-state index contributed by atoms with van der Waals surface area (Å²) in [5.41, 5.74) is 6.65. The molecule has 0 unspecified atom stereocenters. The maximum atomic E-state index is 13.4. The Morgan fingerprint density at radius 1 is 1.33 bits per heavy atom. The van der Waals surface area contributed by atoms with Crippen molar-refractivity contribution in [1.82, 2.24) is 4.98 Å². The first-order chi connectivity index (χ1) is 10.1. The number of rotatable bonds is 4. The molecule has 108 valence electrons. The zero-order chi connectivity index (χ0) is 15.2. The van der Waals surface area contributed by atoms with E-state index in [1.165, 1.54) is 12.3 Å². The number of halogens is 1. The van der Waals surface area contributed by atoms with Crippen LogP contribution in [0.2, 0.25) is 0 Å². The lowest BCUT2D eigenvalue weighted by atomic mass is 10.1. The Morgan fingerprint density at radius 2 is 2.05 bits per heavy atom. The van der Waals surface area contributed by atoms with Gasteiger partial charge < -0.3 is 16.3 Å². The Hall–Kier alpha value is -2.96. The van der Waals surface area contributed by atoms with E-state index in [2.05, 4.69) is 15.5 Å². The summed E-state index contributed by atoms with van der Waals surface area (Å²) in [4.78, 5) is 15.5. The molecular weight excluding hydrogens is 275 g/mol. The first-order valence-corrected chi connectivity index (χ1v) is 6.06. The topological polar surface area (TPSA) is 101 Å². The SMILES string of the molecule is NC(Cc1ccc(NC(=O)c2ccncc2F)cc1)=NO. The zero-order valence-electron chi connectivity index (χ0n) is 11.0. The maximum absolute atomic E-state index is 13.4. The Morgan fingerprint density at radius 3 is 2.67 bits per heavy atom. The first-order valence-electron chi connectivity index (χ1n) is 6.06. The number of nitrogens with one attached hydrogen (secondary N) is 1. The standard InChI is InChI=1S/C14H13FN4O2/c15-12-8-17-6-5-11(12)14(20)18-10-3-1-9(2-4-10)7-13(16)19-21/h1-6,8,21H,7H2,(H2,16,19)(H,18,20). The molecule has 0 bridgehead atoms. The summed E-state index contributed by atoms with van der Waals surface area (Å²) >= 11 is 0.